The van der Waals surface area contributed by atoms with Crippen LogP contribution in [0.5, 0.6) is 5.75 Å². The predicted molar refractivity (Wildman–Crippen MR) is 139 cm³/mol. The molecule has 0 atom stereocenters. The quantitative estimate of drug-likeness (QED) is 0.364. The van der Waals surface area contributed by atoms with Crippen LogP contribution in [0.1, 0.15) is 22.3 Å². The molecule has 3 aromatic rings. The average molecular weight is 525 g/mol. The zero-order chi connectivity index (χ0) is 25.8. The molecule has 0 spiro atoms. The Balaban J connectivity index is 1.43. The number of nitrogens with one attached hydrogen (secondary N) is 1. The Morgan fingerprint density at radius 2 is 1.89 bits per heavy atom. The van der Waals surface area contributed by atoms with Crippen molar-refractivity contribution >= 4 is 52.2 Å². The molecule has 3 amide bonds. The van der Waals surface area contributed by atoms with Gasteiger partial charge in [0.1, 0.15) is 24.7 Å². The van der Waals surface area contributed by atoms with E-state index in [-0.39, 0.29) is 28.6 Å². The van der Waals surface area contributed by atoms with Gasteiger partial charge < -0.3 is 10.1 Å². The Labute approximate surface area is 217 Å². The zero-order valence-electron chi connectivity index (χ0n) is 19.5. The van der Waals surface area contributed by atoms with Crippen molar-refractivity contribution in [2.45, 2.75) is 20.5 Å². The third-order valence-electron chi connectivity index (χ3n) is 5.44. The number of rotatable bonds is 7. The van der Waals surface area contributed by atoms with E-state index in [0.29, 0.717) is 17.0 Å². The SMILES string of the molecule is Cc1ccc(C)c(NC(=O)CN2C(=O)S/C(=C/c3cccc(OCc4c(F)cccc4Cl)c3)C2=O)c1. The van der Waals surface area contributed by atoms with Crippen LogP contribution in [-0.4, -0.2) is 28.5 Å². The van der Waals surface area contributed by atoms with Crippen LogP contribution in [0.3, 0.4) is 0 Å². The first kappa shape index (κ1) is 25.5. The number of imide groups is 1. The monoisotopic (exact) mass is 524 g/mol. The highest BCUT2D eigenvalue weighted by molar-refractivity contribution is 8.18. The molecule has 0 aromatic heterocycles. The van der Waals surface area contributed by atoms with E-state index >= 15 is 0 Å². The van der Waals surface area contributed by atoms with Crippen LogP contribution in [0.25, 0.3) is 6.08 Å². The Hall–Kier alpha value is -3.62. The molecular formula is C27H22ClFN2O4S. The number of benzene rings is 3. The minimum atomic E-state index is -0.550. The van der Waals surface area contributed by atoms with E-state index in [1.54, 1.807) is 36.4 Å². The summed E-state index contributed by atoms with van der Waals surface area (Å²) < 4.78 is 19.7. The second-order valence-corrected chi connectivity index (χ2v) is 9.60. The van der Waals surface area contributed by atoms with Gasteiger partial charge in [0, 0.05) is 11.3 Å². The van der Waals surface area contributed by atoms with Crippen LogP contribution in [-0.2, 0) is 16.2 Å². The van der Waals surface area contributed by atoms with Crippen LogP contribution in [0.15, 0.2) is 65.6 Å². The van der Waals surface area contributed by atoms with Gasteiger partial charge in [0.2, 0.25) is 5.91 Å². The minimum absolute atomic E-state index is 0.0685. The number of halogens is 2. The number of aryl methyl sites for hydroxylation is 2. The molecule has 1 N–H and O–H groups in total. The minimum Gasteiger partial charge on any atom is -0.489 e. The molecule has 1 fully saturated rings. The van der Waals surface area contributed by atoms with E-state index in [1.807, 2.05) is 32.0 Å². The van der Waals surface area contributed by atoms with Gasteiger partial charge in [-0.25, -0.2) is 4.39 Å². The first-order chi connectivity index (χ1) is 17.2. The van der Waals surface area contributed by atoms with E-state index in [4.69, 9.17) is 16.3 Å². The van der Waals surface area contributed by atoms with Gasteiger partial charge in [-0.3, -0.25) is 19.3 Å². The lowest BCUT2D eigenvalue weighted by Gasteiger charge is -2.14. The topological polar surface area (TPSA) is 75.7 Å². The summed E-state index contributed by atoms with van der Waals surface area (Å²) >= 11 is 6.81. The number of amides is 3. The van der Waals surface area contributed by atoms with Gasteiger partial charge in [-0.15, -0.1) is 0 Å². The smallest absolute Gasteiger partial charge is 0.294 e. The second-order valence-electron chi connectivity index (χ2n) is 8.20. The number of carbonyl (C=O) groups is 3. The van der Waals surface area contributed by atoms with E-state index in [2.05, 4.69) is 5.32 Å². The molecule has 0 saturated carbocycles. The van der Waals surface area contributed by atoms with Gasteiger partial charge in [-0.05, 0) is 78.7 Å². The number of anilines is 1. The van der Waals surface area contributed by atoms with Crippen molar-refractivity contribution in [3.8, 4) is 5.75 Å². The molecule has 1 saturated heterocycles. The van der Waals surface area contributed by atoms with Crippen LogP contribution in [0.4, 0.5) is 14.9 Å². The molecule has 9 heteroatoms. The standard InChI is InChI=1S/C27H22ClFN2O4S/c1-16-9-10-17(2)23(11-16)30-25(32)14-31-26(33)24(36-27(31)34)13-18-5-3-6-19(12-18)35-15-20-21(28)7-4-8-22(20)29/h3-13H,14-15H2,1-2H3,(H,30,32)/b24-13+. The van der Waals surface area contributed by atoms with Crippen LogP contribution in [0, 0.1) is 19.7 Å². The first-order valence-corrected chi connectivity index (χ1v) is 12.2. The van der Waals surface area contributed by atoms with E-state index in [1.165, 1.54) is 12.1 Å². The van der Waals surface area contributed by atoms with Crippen LogP contribution >= 0.6 is 23.4 Å². The molecule has 0 radical (unpaired) electrons. The number of carbonyl (C=O) groups excluding carboxylic acids is 3. The molecule has 1 heterocycles. The lowest BCUT2D eigenvalue weighted by molar-refractivity contribution is -0.127. The van der Waals surface area contributed by atoms with Crippen LogP contribution in [0.2, 0.25) is 5.02 Å². The number of hydrogen-bond donors (Lipinski definition) is 1. The lowest BCUT2D eigenvalue weighted by atomic mass is 10.1. The third kappa shape index (κ3) is 5.95. The molecule has 184 valence electrons. The summed E-state index contributed by atoms with van der Waals surface area (Å²) in [6.07, 6.45) is 1.55. The number of nitrogens with zero attached hydrogens (tertiary/aromatic N) is 1. The fourth-order valence-corrected chi connectivity index (χ4v) is 4.57. The lowest BCUT2D eigenvalue weighted by Crippen LogP contribution is -2.36. The number of hydrogen-bond acceptors (Lipinski definition) is 5. The molecule has 0 aliphatic carbocycles. The summed E-state index contributed by atoms with van der Waals surface area (Å²) in [5, 5.41) is 2.50. The van der Waals surface area contributed by atoms with Crippen molar-refractivity contribution < 1.29 is 23.5 Å². The van der Waals surface area contributed by atoms with Crippen molar-refractivity contribution in [1.29, 1.82) is 0 Å². The van der Waals surface area contributed by atoms with Crippen molar-refractivity contribution in [3.63, 3.8) is 0 Å². The molecule has 6 nitrogen and oxygen atoms in total. The van der Waals surface area contributed by atoms with Gasteiger partial charge >= 0.3 is 0 Å². The molecule has 0 unspecified atom stereocenters. The number of thioether (sulfide) groups is 1. The summed E-state index contributed by atoms with van der Waals surface area (Å²) in [5.74, 6) is -1.04. The Morgan fingerprint density at radius 1 is 1.11 bits per heavy atom. The van der Waals surface area contributed by atoms with Gasteiger partial charge in [-0.1, -0.05) is 41.9 Å². The molecule has 4 rings (SSSR count). The molecule has 1 aliphatic heterocycles. The van der Waals surface area contributed by atoms with E-state index in [0.717, 1.165) is 27.8 Å². The highest BCUT2D eigenvalue weighted by Crippen LogP contribution is 2.33. The third-order valence-corrected chi connectivity index (χ3v) is 6.70. The van der Waals surface area contributed by atoms with Crippen molar-refractivity contribution in [1.82, 2.24) is 4.90 Å². The van der Waals surface area contributed by atoms with E-state index in [9.17, 15) is 18.8 Å². The highest BCUT2D eigenvalue weighted by Gasteiger charge is 2.36. The molecular weight excluding hydrogens is 503 g/mol. The molecule has 1 aliphatic rings. The largest absolute Gasteiger partial charge is 0.489 e. The zero-order valence-corrected chi connectivity index (χ0v) is 21.1. The Bertz CT molecular complexity index is 1370. The maximum absolute atomic E-state index is 14.0. The molecule has 36 heavy (non-hydrogen) atoms. The maximum Gasteiger partial charge on any atom is 0.294 e. The number of ether oxygens (including phenoxy) is 1. The average Bonchev–Trinajstić information content (AvgIpc) is 3.08. The van der Waals surface area contributed by atoms with E-state index < -0.39 is 22.9 Å². The van der Waals surface area contributed by atoms with Gasteiger partial charge in [-0.2, -0.15) is 0 Å². The first-order valence-electron chi connectivity index (χ1n) is 11.0. The predicted octanol–water partition coefficient (Wildman–Crippen LogP) is 6.35. The normalized spacial score (nSPS) is 14.4. The Kier molecular flexibility index (Phi) is 7.76. The van der Waals surface area contributed by atoms with Crippen molar-refractivity contribution in [2.24, 2.45) is 0 Å². The van der Waals surface area contributed by atoms with Gasteiger partial charge in [0.15, 0.2) is 0 Å². The van der Waals surface area contributed by atoms with Gasteiger partial charge in [0.25, 0.3) is 11.1 Å². The summed E-state index contributed by atoms with van der Waals surface area (Å²) in [7, 11) is 0. The fourth-order valence-electron chi connectivity index (χ4n) is 3.51. The summed E-state index contributed by atoms with van der Waals surface area (Å²) in [4.78, 5) is 38.9. The van der Waals surface area contributed by atoms with Crippen molar-refractivity contribution in [3.05, 3.63) is 98.7 Å². The fraction of sp³-hybridized carbons (Fsp3) is 0.148. The summed E-state index contributed by atoms with van der Waals surface area (Å²) in [5.41, 5.74) is 3.34. The maximum atomic E-state index is 14.0. The highest BCUT2D eigenvalue weighted by atomic mass is 35.5. The van der Waals surface area contributed by atoms with Crippen molar-refractivity contribution in [2.75, 3.05) is 11.9 Å². The Morgan fingerprint density at radius 3 is 2.67 bits per heavy atom. The molecule has 3 aromatic carbocycles. The summed E-state index contributed by atoms with van der Waals surface area (Å²) in [6, 6.07) is 16.9. The molecule has 0 bridgehead atoms. The summed E-state index contributed by atoms with van der Waals surface area (Å²) in [6.45, 7) is 3.31. The van der Waals surface area contributed by atoms with Crippen LogP contribution < -0.4 is 10.1 Å². The second kappa shape index (κ2) is 11.0. The van der Waals surface area contributed by atoms with Gasteiger partial charge in [0.05, 0.1) is 9.93 Å².